The lowest BCUT2D eigenvalue weighted by Crippen LogP contribution is -2.18. The minimum Gasteiger partial charge on any atom is -0.472 e. The third-order valence-corrected chi connectivity index (χ3v) is 5.09. The number of nitrogen functional groups attached to an aromatic ring is 1. The SMILES string of the molecule is Cc1ccc(-n2c(=O)ccc3cnc4ccc(-c5ccoc5)cc4c32)cc1N. The zero-order valence-electron chi connectivity index (χ0n) is 15.2. The highest BCUT2D eigenvalue weighted by Gasteiger charge is 2.12. The molecule has 0 unspecified atom stereocenters. The second-order valence-corrected chi connectivity index (χ2v) is 6.85. The molecular formula is C23H17N3O2. The van der Waals surface area contributed by atoms with Crippen LogP contribution in [0.5, 0.6) is 0 Å². The fraction of sp³-hybridized carbons (Fsp3) is 0.0435. The molecule has 0 spiro atoms. The van der Waals surface area contributed by atoms with E-state index in [-0.39, 0.29) is 5.56 Å². The second kappa shape index (κ2) is 6.09. The van der Waals surface area contributed by atoms with Crippen molar-refractivity contribution in [3.63, 3.8) is 0 Å². The fourth-order valence-corrected chi connectivity index (χ4v) is 3.54. The number of aryl methyl sites for hydroxylation is 1. The maximum atomic E-state index is 12.9. The van der Waals surface area contributed by atoms with Crippen LogP contribution in [0.1, 0.15) is 5.56 Å². The first kappa shape index (κ1) is 16.3. The summed E-state index contributed by atoms with van der Waals surface area (Å²) in [6.07, 6.45) is 5.14. The van der Waals surface area contributed by atoms with Gasteiger partial charge < -0.3 is 10.2 Å². The van der Waals surface area contributed by atoms with E-state index in [2.05, 4.69) is 4.98 Å². The van der Waals surface area contributed by atoms with E-state index in [0.717, 1.165) is 44.2 Å². The number of hydrogen-bond donors (Lipinski definition) is 1. The van der Waals surface area contributed by atoms with E-state index < -0.39 is 0 Å². The molecule has 0 atom stereocenters. The lowest BCUT2D eigenvalue weighted by Gasteiger charge is -2.14. The van der Waals surface area contributed by atoms with E-state index in [1.807, 2.05) is 55.5 Å². The van der Waals surface area contributed by atoms with Crippen LogP contribution in [0, 0.1) is 6.92 Å². The summed E-state index contributed by atoms with van der Waals surface area (Å²) in [7, 11) is 0. The third kappa shape index (κ3) is 2.48. The predicted octanol–water partition coefficient (Wildman–Crippen LogP) is 4.69. The maximum absolute atomic E-state index is 12.9. The lowest BCUT2D eigenvalue weighted by molar-refractivity contribution is 0.568. The quantitative estimate of drug-likeness (QED) is 0.363. The van der Waals surface area contributed by atoms with Crippen LogP contribution in [0.25, 0.3) is 38.6 Å². The van der Waals surface area contributed by atoms with Gasteiger partial charge in [-0.2, -0.15) is 0 Å². The Bertz CT molecular complexity index is 1400. The van der Waals surface area contributed by atoms with Crippen molar-refractivity contribution < 1.29 is 4.42 Å². The number of pyridine rings is 2. The van der Waals surface area contributed by atoms with E-state index in [4.69, 9.17) is 10.2 Å². The molecule has 0 saturated heterocycles. The molecule has 3 aromatic heterocycles. The molecule has 0 bridgehead atoms. The van der Waals surface area contributed by atoms with Gasteiger partial charge in [-0.3, -0.25) is 14.3 Å². The Kier molecular flexibility index (Phi) is 3.55. The van der Waals surface area contributed by atoms with Crippen molar-refractivity contribution in [3.05, 3.63) is 89.2 Å². The maximum Gasteiger partial charge on any atom is 0.255 e. The van der Waals surface area contributed by atoms with E-state index in [0.29, 0.717) is 5.69 Å². The molecule has 0 aliphatic rings. The van der Waals surface area contributed by atoms with Crippen molar-refractivity contribution in [2.24, 2.45) is 0 Å². The predicted molar refractivity (Wildman–Crippen MR) is 112 cm³/mol. The Balaban J connectivity index is 1.91. The molecule has 5 nitrogen and oxygen atoms in total. The normalized spacial score (nSPS) is 11.3. The highest BCUT2D eigenvalue weighted by molar-refractivity contribution is 6.05. The first-order chi connectivity index (χ1) is 13.6. The van der Waals surface area contributed by atoms with Gasteiger partial charge >= 0.3 is 0 Å². The van der Waals surface area contributed by atoms with Crippen molar-refractivity contribution in [1.82, 2.24) is 9.55 Å². The molecule has 2 aromatic carbocycles. The van der Waals surface area contributed by atoms with Crippen LogP contribution in [0.15, 0.2) is 82.5 Å². The molecule has 3 heterocycles. The summed E-state index contributed by atoms with van der Waals surface area (Å²) in [5.74, 6) is 0. The lowest BCUT2D eigenvalue weighted by atomic mass is 10.0. The number of nitrogens with zero attached hydrogens (tertiary/aromatic N) is 2. The summed E-state index contributed by atoms with van der Waals surface area (Å²) in [5, 5.41) is 1.78. The molecule has 136 valence electrons. The van der Waals surface area contributed by atoms with Crippen LogP contribution < -0.4 is 11.3 Å². The number of anilines is 1. The van der Waals surface area contributed by atoms with Crippen molar-refractivity contribution in [3.8, 4) is 16.8 Å². The summed E-state index contributed by atoms with van der Waals surface area (Å²) in [6.45, 7) is 1.95. The Morgan fingerprint density at radius 1 is 1.00 bits per heavy atom. The van der Waals surface area contributed by atoms with Gasteiger partial charge in [-0.25, -0.2) is 0 Å². The van der Waals surface area contributed by atoms with Crippen molar-refractivity contribution in [1.29, 1.82) is 0 Å². The number of rotatable bonds is 2. The van der Waals surface area contributed by atoms with Crippen LogP contribution in [0.3, 0.4) is 0 Å². The molecule has 5 heteroatoms. The number of fused-ring (bicyclic) bond motifs is 3. The minimum atomic E-state index is -0.114. The van der Waals surface area contributed by atoms with Gasteiger partial charge in [-0.05, 0) is 54.4 Å². The fourth-order valence-electron chi connectivity index (χ4n) is 3.54. The van der Waals surface area contributed by atoms with Crippen molar-refractivity contribution in [2.75, 3.05) is 5.73 Å². The number of furan rings is 1. The molecule has 0 amide bonds. The van der Waals surface area contributed by atoms with Crippen LogP contribution in [0.4, 0.5) is 5.69 Å². The van der Waals surface area contributed by atoms with Gasteiger partial charge in [0, 0.05) is 34.3 Å². The van der Waals surface area contributed by atoms with Gasteiger partial charge in [-0.1, -0.05) is 12.1 Å². The number of benzene rings is 2. The van der Waals surface area contributed by atoms with Gasteiger partial charge in [0.05, 0.1) is 29.2 Å². The Hall–Kier alpha value is -3.86. The molecule has 5 aromatic rings. The molecule has 0 radical (unpaired) electrons. The summed E-state index contributed by atoms with van der Waals surface area (Å²) in [4.78, 5) is 17.4. The number of hydrogen-bond acceptors (Lipinski definition) is 4. The van der Waals surface area contributed by atoms with Crippen LogP contribution in [-0.2, 0) is 0 Å². The molecular weight excluding hydrogens is 350 g/mol. The average Bonchev–Trinajstić information content (AvgIpc) is 3.24. The minimum absolute atomic E-state index is 0.114. The van der Waals surface area contributed by atoms with Crippen molar-refractivity contribution >= 4 is 27.5 Å². The second-order valence-electron chi connectivity index (χ2n) is 6.85. The topological polar surface area (TPSA) is 74.0 Å². The Morgan fingerprint density at radius 2 is 1.89 bits per heavy atom. The number of nitrogens with two attached hydrogens (primary N) is 1. The largest absolute Gasteiger partial charge is 0.472 e. The summed E-state index contributed by atoms with van der Waals surface area (Å²) in [5.41, 5.74) is 12.0. The molecule has 5 rings (SSSR count). The van der Waals surface area contributed by atoms with Gasteiger partial charge in [0.25, 0.3) is 5.56 Å². The Labute approximate surface area is 160 Å². The monoisotopic (exact) mass is 367 g/mol. The van der Waals surface area contributed by atoms with E-state index in [9.17, 15) is 4.79 Å². The average molecular weight is 367 g/mol. The smallest absolute Gasteiger partial charge is 0.255 e. The van der Waals surface area contributed by atoms with Gasteiger partial charge in [0.1, 0.15) is 0 Å². The molecule has 0 aliphatic heterocycles. The molecule has 0 aliphatic carbocycles. The van der Waals surface area contributed by atoms with E-state index in [1.165, 1.54) is 0 Å². The van der Waals surface area contributed by atoms with Gasteiger partial charge in [0.15, 0.2) is 0 Å². The number of aromatic nitrogens is 2. The third-order valence-electron chi connectivity index (χ3n) is 5.09. The van der Waals surface area contributed by atoms with Gasteiger partial charge in [-0.15, -0.1) is 0 Å². The zero-order valence-corrected chi connectivity index (χ0v) is 15.2. The van der Waals surface area contributed by atoms with Crippen LogP contribution in [0.2, 0.25) is 0 Å². The summed E-state index contributed by atoms with van der Waals surface area (Å²) < 4.78 is 6.92. The Morgan fingerprint density at radius 3 is 2.68 bits per heavy atom. The molecule has 0 saturated carbocycles. The highest BCUT2D eigenvalue weighted by Crippen LogP contribution is 2.30. The molecule has 28 heavy (non-hydrogen) atoms. The first-order valence-electron chi connectivity index (χ1n) is 8.95. The summed E-state index contributed by atoms with van der Waals surface area (Å²) >= 11 is 0. The van der Waals surface area contributed by atoms with Crippen molar-refractivity contribution in [2.45, 2.75) is 6.92 Å². The first-order valence-corrected chi connectivity index (χ1v) is 8.95. The highest BCUT2D eigenvalue weighted by atomic mass is 16.3. The molecule has 0 fully saturated rings. The van der Waals surface area contributed by atoms with E-state index in [1.54, 1.807) is 29.4 Å². The van der Waals surface area contributed by atoms with Gasteiger partial charge in [0.2, 0.25) is 0 Å². The van der Waals surface area contributed by atoms with Crippen LogP contribution in [-0.4, -0.2) is 9.55 Å². The molecule has 2 N–H and O–H groups in total. The summed E-state index contributed by atoms with van der Waals surface area (Å²) in [6, 6.07) is 17.0. The van der Waals surface area contributed by atoms with E-state index >= 15 is 0 Å². The zero-order chi connectivity index (χ0) is 19.3. The standard InChI is InChI=1S/C23H17N3O2/c1-14-2-5-18(11-20(14)24)26-22(27)7-4-16-12-25-21-6-3-15(10-19(21)23(16)26)17-8-9-28-13-17/h2-13H,24H2,1H3. The van der Waals surface area contributed by atoms with Crippen LogP contribution >= 0.6 is 0 Å².